The second-order valence-corrected chi connectivity index (χ2v) is 4.16. The number of nitrogens with zero attached hydrogens (tertiary/aromatic N) is 1. The van der Waals surface area contributed by atoms with Gasteiger partial charge >= 0.3 is 0 Å². The molecule has 0 atom stereocenters. The summed E-state index contributed by atoms with van der Waals surface area (Å²) in [4.78, 5) is 10.5. The molecule has 0 aromatic heterocycles. The first-order valence-electron chi connectivity index (χ1n) is 5.01. The van der Waals surface area contributed by atoms with Gasteiger partial charge in [0.2, 0.25) is 0 Å². The van der Waals surface area contributed by atoms with E-state index in [-0.39, 0.29) is 10.6 Å². The Bertz CT molecular complexity index is 352. The second-order valence-electron chi connectivity index (χ2n) is 3.37. The maximum Gasteiger partial charge on any atom is 0.272 e. The van der Waals surface area contributed by atoms with Crippen molar-refractivity contribution in [3.63, 3.8) is 0 Å². The molecule has 3 nitrogen and oxygen atoms in total. The zero-order valence-electron chi connectivity index (χ0n) is 8.70. The molecule has 0 N–H and O–H groups in total. The van der Waals surface area contributed by atoms with Gasteiger partial charge in [0.1, 0.15) is 0 Å². The fraction of sp³-hybridized carbons (Fsp3) is 0.455. The van der Waals surface area contributed by atoms with Gasteiger partial charge in [-0.1, -0.05) is 35.0 Å². The summed E-state index contributed by atoms with van der Waals surface area (Å²) in [6, 6.07) is 5.54. The minimum Gasteiger partial charge on any atom is -0.258 e. The van der Waals surface area contributed by atoms with Crippen molar-refractivity contribution >= 4 is 21.6 Å². The van der Waals surface area contributed by atoms with Gasteiger partial charge in [-0.3, -0.25) is 10.1 Å². The number of alkyl halides is 1. The third kappa shape index (κ3) is 3.30. The minimum atomic E-state index is -0.295. The van der Waals surface area contributed by atoms with Gasteiger partial charge in [0.25, 0.3) is 5.69 Å². The van der Waals surface area contributed by atoms with E-state index in [1.807, 2.05) is 19.1 Å². The maximum atomic E-state index is 10.8. The molecular formula is C11H14BrNO2. The summed E-state index contributed by atoms with van der Waals surface area (Å²) < 4.78 is 0. The van der Waals surface area contributed by atoms with E-state index < -0.39 is 0 Å². The molecule has 0 unspecified atom stereocenters. The first-order chi connectivity index (χ1) is 7.19. The predicted octanol–water partition coefficient (Wildman–Crippen LogP) is 3.48. The molecule has 0 heterocycles. The molecule has 1 rings (SSSR count). The summed E-state index contributed by atoms with van der Waals surface area (Å²) in [5.74, 6) is 0. The van der Waals surface area contributed by atoms with E-state index in [2.05, 4.69) is 15.9 Å². The predicted molar refractivity (Wildman–Crippen MR) is 64.6 cm³/mol. The van der Waals surface area contributed by atoms with Gasteiger partial charge < -0.3 is 0 Å². The molecule has 0 fully saturated rings. The van der Waals surface area contributed by atoms with Crippen LogP contribution in [0.2, 0.25) is 0 Å². The lowest BCUT2D eigenvalue weighted by Crippen LogP contribution is -1.96. The van der Waals surface area contributed by atoms with E-state index in [0.29, 0.717) is 6.42 Å². The third-order valence-electron chi connectivity index (χ3n) is 2.33. The SMILES string of the molecule is CCc1ccc(CCCBr)cc1[N+](=O)[O-]. The lowest BCUT2D eigenvalue weighted by atomic mass is 10.0. The van der Waals surface area contributed by atoms with Crippen LogP contribution in [0.15, 0.2) is 18.2 Å². The van der Waals surface area contributed by atoms with Crippen molar-refractivity contribution in [2.45, 2.75) is 26.2 Å². The molecule has 0 aliphatic carbocycles. The molecule has 0 bridgehead atoms. The van der Waals surface area contributed by atoms with Crippen molar-refractivity contribution in [3.8, 4) is 0 Å². The van der Waals surface area contributed by atoms with Crippen LogP contribution in [0, 0.1) is 10.1 Å². The Morgan fingerprint density at radius 1 is 1.47 bits per heavy atom. The first-order valence-corrected chi connectivity index (χ1v) is 6.13. The van der Waals surface area contributed by atoms with Crippen LogP contribution in [0.1, 0.15) is 24.5 Å². The molecule has 0 aliphatic heterocycles. The van der Waals surface area contributed by atoms with Gasteiger partial charge in [-0.15, -0.1) is 0 Å². The van der Waals surface area contributed by atoms with Crippen molar-refractivity contribution in [2.75, 3.05) is 5.33 Å². The van der Waals surface area contributed by atoms with Gasteiger partial charge in [0.15, 0.2) is 0 Å². The number of hydrogen-bond acceptors (Lipinski definition) is 2. The first kappa shape index (κ1) is 12.2. The molecule has 82 valence electrons. The van der Waals surface area contributed by atoms with Crippen LogP contribution in [0.4, 0.5) is 5.69 Å². The number of aryl methyl sites for hydroxylation is 2. The van der Waals surface area contributed by atoms with Crippen LogP contribution >= 0.6 is 15.9 Å². The van der Waals surface area contributed by atoms with Crippen molar-refractivity contribution in [1.82, 2.24) is 0 Å². The second kappa shape index (κ2) is 5.85. The molecule has 0 aliphatic rings. The van der Waals surface area contributed by atoms with Crippen LogP contribution < -0.4 is 0 Å². The van der Waals surface area contributed by atoms with Gasteiger partial charge in [0, 0.05) is 17.0 Å². The molecular weight excluding hydrogens is 258 g/mol. The molecule has 0 saturated carbocycles. The Morgan fingerprint density at radius 2 is 2.20 bits per heavy atom. The van der Waals surface area contributed by atoms with Crippen LogP contribution in [0.3, 0.4) is 0 Å². The minimum absolute atomic E-state index is 0.254. The fourth-order valence-corrected chi connectivity index (χ4v) is 1.79. The molecule has 4 heteroatoms. The van der Waals surface area contributed by atoms with E-state index in [1.165, 1.54) is 0 Å². The van der Waals surface area contributed by atoms with Crippen LogP contribution in [0.25, 0.3) is 0 Å². The molecule has 0 radical (unpaired) electrons. The summed E-state index contributed by atoms with van der Waals surface area (Å²) in [5, 5.41) is 11.7. The highest BCUT2D eigenvalue weighted by Crippen LogP contribution is 2.21. The van der Waals surface area contributed by atoms with Crippen LogP contribution in [-0.4, -0.2) is 10.3 Å². The van der Waals surface area contributed by atoms with E-state index in [1.54, 1.807) is 6.07 Å². The van der Waals surface area contributed by atoms with Crippen molar-refractivity contribution in [3.05, 3.63) is 39.4 Å². The zero-order chi connectivity index (χ0) is 11.3. The largest absolute Gasteiger partial charge is 0.272 e. The number of rotatable bonds is 5. The zero-order valence-corrected chi connectivity index (χ0v) is 10.3. The lowest BCUT2D eigenvalue weighted by Gasteiger charge is -2.03. The van der Waals surface area contributed by atoms with Gasteiger partial charge in [-0.25, -0.2) is 0 Å². The molecule has 15 heavy (non-hydrogen) atoms. The van der Waals surface area contributed by atoms with E-state index in [4.69, 9.17) is 0 Å². The van der Waals surface area contributed by atoms with Crippen molar-refractivity contribution in [2.24, 2.45) is 0 Å². The van der Waals surface area contributed by atoms with Crippen molar-refractivity contribution in [1.29, 1.82) is 0 Å². The van der Waals surface area contributed by atoms with E-state index >= 15 is 0 Å². The Morgan fingerprint density at radius 3 is 2.73 bits per heavy atom. The third-order valence-corrected chi connectivity index (χ3v) is 2.89. The number of nitro benzene ring substituents is 1. The summed E-state index contributed by atoms with van der Waals surface area (Å²) in [5.41, 5.74) is 2.10. The summed E-state index contributed by atoms with van der Waals surface area (Å²) in [7, 11) is 0. The average molecular weight is 272 g/mol. The Balaban J connectivity index is 2.94. The van der Waals surface area contributed by atoms with Gasteiger partial charge in [-0.2, -0.15) is 0 Å². The maximum absolute atomic E-state index is 10.8. The molecule has 0 spiro atoms. The topological polar surface area (TPSA) is 43.1 Å². The fourth-order valence-electron chi connectivity index (χ4n) is 1.50. The Kier molecular flexibility index (Phi) is 4.75. The van der Waals surface area contributed by atoms with Crippen molar-refractivity contribution < 1.29 is 4.92 Å². The molecule has 1 aromatic carbocycles. The lowest BCUT2D eigenvalue weighted by molar-refractivity contribution is -0.385. The highest BCUT2D eigenvalue weighted by atomic mass is 79.9. The van der Waals surface area contributed by atoms with E-state index in [9.17, 15) is 10.1 Å². The number of halogens is 1. The highest BCUT2D eigenvalue weighted by molar-refractivity contribution is 9.09. The smallest absolute Gasteiger partial charge is 0.258 e. The molecule has 0 amide bonds. The number of hydrogen-bond donors (Lipinski definition) is 0. The Hall–Kier alpha value is -0.900. The monoisotopic (exact) mass is 271 g/mol. The standard InChI is InChI=1S/C11H14BrNO2/c1-2-10-6-5-9(4-3-7-12)8-11(10)13(14)15/h5-6,8H,2-4,7H2,1H3. The Labute approximate surface area is 97.8 Å². The quantitative estimate of drug-likeness (QED) is 0.468. The highest BCUT2D eigenvalue weighted by Gasteiger charge is 2.12. The van der Waals surface area contributed by atoms with Gasteiger partial charge in [-0.05, 0) is 24.8 Å². The van der Waals surface area contributed by atoms with Gasteiger partial charge in [0.05, 0.1) is 4.92 Å². The summed E-state index contributed by atoms with van der Waals surface area (Å²) in [6.07, 6.45) is 2.59. The van der Waals surface area contributed by atoms with Crippen LogP contribution in [-0.2, 0) is 12.8 Å². The van der Waals surface area contributed by atoms with Crippen LogP contribution in [0.5, 0.6) is 0 Å². The summed E-state index contributed by atoms with van der Waals surface area (Å²) in [6.45, 7) is 1.93. The van der Waals surface area contributed by atoms with E-state index in [0.717, 1.165) is 29.3 Å². The summed E-state index contributed by atoms with van der Waals surface area (Å²) >= 11 is 3.35. The normalized spacial score (nSPS) is 10.3. The number of nitro groups is 1. The average Bonchev–Trinajstić information content (AvgIpc) is 2.25. The molecule has 0 saturated heterocycles. The number of benzene rings is 1. The molecule has 1 aromatic rings.